The Labute approximate surface area is 259 Å². The summed E-state index contributed by atoms with van der Waals surface area (Å²) in [5, 5.41) is 11.5. The highest BCUT2D eigenvalue weighted by molar-refractivity contribution is 8.00. The van der Waals surface area contributed by atoms with Crippen molar-refractivity contribution in [2.45, 2.75) is 54.0 Å². The number of nitrogens with one attached hydrogen (secondary N) is 1. The number of ether oxygens (including phenoxy) is 1. The van der Waals surface area contributed by atoms with Gasteiger partial charge in [-0.2, -0.15) is 5.26 Å². The van der Waals surface area contributed by atoms with Gasteiger partial charge in [-0.3, -0.25) is 14.4 Å². The number of nitrogens with zero attached hydrogens (tertiary/aromatic N) is 2. The summed E-state index contributed by atoms with van der Waals surface area (Å²) in [5.74, 6) is -0.519. The Morgan fingerprint density at radius 3 is 2.61 bits per heavy atom. The molecule has 0 radical (unpaired) electrons. The van der Waals surface area contributed by atoms with E-state index >= 15 is 0 Å². The standard InChI is InChI=1S/C33H34N6O4S/c1-18-16-21(43-20-7-3-2-4-8-20)9-10-22(18)33(37)23-11-12-24(35)29-26(23)27(28(36)30(33)41)32(44-29)38-31(42)19-6-5-15-39(17-19)25(40)13-14-34/h2-4,7-12,16,19,27-28,32H,5-6,13,15,17,35-37H2,1H3,(H,38,42). The van der Waals surface area contributed by atoms with E-state index in [0.29, 0.717) is 47.7 Å². The molecule has 2 amide bonds. The van der Waals surface area contributed by atoms with Gasteiger partial charge in [0, 0.05) is 29.6 Å². The second-order valence-corrected chi connectivity index (χ2v) is 12.8. The molecule has 1 fully saturated rings. The summed E-state index contributed by atoms with van der Waals surface area (Å²) in [5.41, 5.74) is 22.0. The first-order chi connectivity index (χ1) is 21.1. The molecule has 0 spiro atoms. The Hall–Kier alpha value is -4.37. The van der Waals surface area contributed by atoms with Crippen LogP contribution >= 0.6 is 11.8 Å². The maximum atomic E-state index is 14.2. The monoisotopic (exact) mass is 610 g/mol. The number of piperidine rings is 1. The molecule has 226 valence electrons. The number of nitrogens with two attached hydrogens (primary N) is 3. The number of amides is 2. The molecule has 10 nitrogen and oxygen atoms in total. The smallest absolute Gasteiger partial charge is 0.236 e. The Morgan fingerprint density at radius 1 is 1.14 bits per heavy atom. The molecule has 2 aliphatic heterocycles. The molecule has 3 aromatic carbocycles. The van der Waals surface area contributed by atoms with Crippen molar-refractivity contribution in [3.63, 3.8) is 0 Å². The molecule has 44 heavy (non-hydrogen) atoms. The van der Waals surface area contributed by atoms with Gasteiger partial charge in [0.25, 0.3) is 0 Å². The van der Waals surface area contributed by atoms with Crippen molar-refractivity contribution in [2.24, 2.45) is 17.4 Å². The highest BCUT2D eigenvalue weighted by Gasteiger charge is 2.56. The normalized spacial score (nSPS) is 25.6. The van der Waals surface area contributed by atoms with Crippen LogP contribution in [-0.4, -0.2) is 47.0 Å². The molecule has 5 unspecified atom stereocenters. The van der Waals surface area contributed by atoms with Crippen LogP contribution in [0.4, 0.5) is 5.69 Å². The van der Waals surface area contributed by atoms with Crippen LogP contribution in [0.3, 0.4) is 0 Å². The van der Waals surface area contributed by atoms with Crippen LogP contribution in [0.1, 0.15) is 47.4 Å². The molecular formula is C33H34N6O4S. The summed E-state index contributed by atoms with van der Waals surface area (Å²) < 4.78 is 6.00. The maximum Gasteiger partial charge on any atom is 0.236 e. The van der Waals surface area contributed by atoms with E-state index in [1.54, 1.807) is 23.1 Å². The average molecular weight is 611 g/mol. The first-order valence-corrected chi connectivity index (χ1v) is 15.5. The number of carbonyl (C=O) groups is 3. The number of thioether (sulfide) groups is 1. The van der Waals surface area contributed by atoms with E-state index in [4.69, 9.17) is 27.2 Å². The fourth-order valence-electron chi connectivity index (χ4n) is 6.72. The molecule has 3 aromatic rings. The predicted octanol–water partition coefficient (Wildman–Crippen LogP) is 3.27. The lowest BCUT2D eigenvalue weighted by molar-refractivity contribution is -0.135. The van der Waals surface area contributed by atoms with Gasteiger partial charge in [0.1, 0.15) is 23.5 Å². The molecule has 1 saturated heterocycles. The Kier molecular flexibility index (Phi) is 7.84. The molecule has 7 N–H and O–H groups in total. The highest BCUT2D eigenvalue weighted by Crippen LogP contribution is 2.56. The summed E-state index contributed by atoms with van der Waals surface area (Å²) in [4.78, 5) is 42.4. The largest absolute Gasteiger partial charge is 0.457 e. The lowest BCUT2D eigenvalue weighted by atomic mass is 9.65. The first kappa shape index (κ1) is 29.7. The third-order valence-corrected chi connectivity index (χ3v) is 10.3. The number of ketones is 1. The molecule has 5 atom stereocenters. The van der Waals surface area contributed by atoms with E-state index in [9.17, 15) is 14.4 Å². The minimum Gasteiger partial charge on any atom is -0.457 e. The second kappa shape index (κ2) is 11.6. The van der Waals surface area contributed by atoms with Crippen molar-refractivity contribution < 1.29 is 19.1 Å². The number of rotatable bonds is 6. The van der Waals surface area contributed by atoms with Crippen molar-refractivity contribution in [1.82, 2.24) is 10.2 Å². The lowest BCUT2D eigenvalue weighted by Crippen LogP contribution is -2.61. The Bertz CT molecular complexity index is 1690. The number of hydrogen-bond donors (Lipinski definition) is 4. The third kappa shape index (κ3) is 4.99. The minimum atomic E-state index is -1.53. The van der Waals surface area contributed by atoms with E-state index in [0.717, 1.165) is 16.0 Å². The molecule has 3 aliphatic rings. The summed E-state index contributed by atoms with van der Waals surface area (Å²) in [6.07, 6.45) is 1.06. The maximum absolute atomic E-state index is 14.2. The third-order valence-electron chi connectivity index (χ3n) is 8.90. The molecule has 0 bridgehead atoms. The Morgan fingerprint density at radius 2 is 1.89 bits per heavy atom. The van der Waals surface area contributed by atoms with E-state index in [1.807, 2.05) is 55.5 Å². The zero-order valence-corrected chi connectivity index (χ0v) is 25.1. The van der Waals surface area contributed by atoms with Crippen molar-refractivity contribution in [3.05, 3.63) is 82.9 Å². The fourth-order valence-corrected chi connectivity index (χ4v) is 8.18. The van der Waals surface area contributed by atoms with Gasteiger partial charge < -0.3 is 32.2 Å². The molecule has 0 aromatic heterocycles. The van der Waals surface area contributed by atoms with Crippen molar-refractivity contribution >= 4 is 35.0 Å². The van der Waals surface area contributed by atoms with Gasteiger partial charge in [-0.25, -0.2) is 0 Å². The van der Waals surface area contributed by atoms with Gasteiger partial charge >= 0.3 is 0 Å². The van der Waals surface area contributed by atoms with Gasteiger partial charge in [0.05, 0.1) is 23.4 Å². The number of carbonyl (C=O) groups excluding carboxylic acids is 3. The van der Waals surface area contributed by atoms with E-state index in [1.165, 1.54) is 11.8 Å². The van der Waals surface area contributed by atoms with Crippen LogP contribution in [-0.2, 0) is 19.9 Å². The van der Waals surface area contributed by atoms with Crippen LogP contribution in [0.2, 0.25) is 0 Å². The first-order valence-electron chi connectivity index (χ1n) is 14.6. The van der Waals surface area contributed by atoms with E-state index in [-0.39, 0.29) is 30.6 Å². The van der Waals surface area contributed by atoms with Crippen LogP contribution in [0, 0.1) is 24.2 Å². The van der Waals surface area contributed by atoms with Gasteiger partial charge in [0.2, 0.25) is 11.8 Å². The average Bonchev–Trinajstić information content (AvgIpc) is 3.40. The van der Waals surface area contributed by atoms with Crippen molar-refractivity contribution in [2.75, 3.05) is 18.8 Å². The number of para-hydroxylation sites is 1. The number of nitriles is 1. The zero-order valence-electron chi connectivity index (χ0n) is 24.3. The number of nitrogen functional groups attached to an aromatic ring is 1. The van der Waals surface area contributed by atoms with Crippen LogP contribution in [0.5, 0.6) is 11.5 Å². The van der Waals surface area contributed by atoms with E-state index in [2.05, 4.69) is 5.32 Å². The number of hydrogen-bond acceptors (Lipinski definition) is 9. The van der Waals surface area contributed by atoms with Crippen molar-refractivity contribution in [3.8, 4) is 17.6 Å². The predicted molar refractivity (Wildman–Crippen MR) is 167 cm³/mol. The number of anilines is 1. The zero-order chi connectivity index (χ0) is 31.2. The van der Waals surface area contributed by atoms with Gasteiger partial charge in [0.15, 0.2) is 5.78 Å². The number of benzene rings is 3. The number of likely N-dealkylation sites (tertiary alicyclic amines) is 1. The van der Waals surface area contributed by atoms with Gasteiger partial charge in [-0.1, -0.05) is 42.1 Å². The molecule has 11 heteroatoms. The quantitative estimate of drug-likeness (QED) is 0.305. The van der Waals surface area contributed by atoms with Crippen molar-refractivity contribution in [1.29, 1.82) is 5.26 Å². The summed E-state index contributed by atoms with van der Waals surface area (Å²) in [7, 11) is 0. The molecule has 2 heterocycles. The van der Waals surface area contributed by atoms with Crippen LogP contribution in [0.15, 0.2) is 65.6 Å². The SMILES string of the molecule is Cc1cc(Oc2ccccc2)ccc1C1(N)C(=O)C(N)C2c3c1ccc(N)c3SC2NC(=O)C1CCCN(C(=O)CC#N)C1. The number of Topliss-reactive ketones (excluding diaryl/α,β-unsaturated/α-hetero) is 1. The molecule has 6 rings (SSSR count). The molecule has 0 saturated carbocycles. The highest BCUT2D eigenvalue weighted by atomic mass is 32.2. The Balaban J connectivity index is 1.30. The van der Waals surface area contributed by atoms with Gasteiger partial charge in [-0.15, -0.1) is 0 Å². The van der Waals surface area contributed by atoms with Crippen LogP contribution < -0.4 is 27.3 Å². The summed E-state index contributed by atoms with van der Waals surface area (Å²) in [6.45, 7) is 2.65. The molecule has 1 aliphatic carbocycles. The van der Waals surface area contributed by atoms with Gasteiger partial charge in [-0.05, 0) is 72.4 Å². The molecular weight excluding hydrogens is 576 g/mol. The minimum absolute atomic E-state index is 0.216. The lowest BCUT2D eigenvalue weighted by Gasteiger charge is -2.42. The second-order valence-electron chi connectivity index (χ2n) is 11.6. The topological polar surface area (TPSA) is 178 Å². The summed E-state index contributed by atoms with van der Waals surface area (Å²) >= 11 is 1.38. The van der Waals surface area contributed by atoms with E-state index < -0.39 is 28.8 Å². The van der Waals surface area contributed by atoms with Crippen LogP contribution in [0.25, 0.3) is 0 Å². The summed E-state index contributed by atoms with van der Waals surface area (Å²) in [6, 6.07) is 19.3. The number of aryl methyl sites for hydroxylation is 1. The fraction of sp³-hybridized carbons (Fsp3) is 0.333.